The van der Waals surface area contributed by atoms with Crippen LogP contribution in [0.5, 0.6) is 0 Å². The summed E-state index contributed by atoms with van der Waals surface area (Å²) in [5, 5.41) is 3.21. The van der Waals surface area contributed by atoms with Crippen molar-refractivity contribution in [3.63, 3.8) is 0 Å². The molecule has 1 unspecified atom stereocenters. The Bertz CT molecular complexity index is 125. The zero-order valence-electron chi connectivity index (χ0n) is 7.14. The first-order valence-corrected chi connectivity index (χ1v) is 5.61. The highest BCUT2D eigenvalue weighted by molar-refractivity contribution is 7.84. The number of hydrogen-bond donors (Lipinski definition) is 1. The molecular formula is C8H17NOS. The molecule has 0 amide bonds. The van der Waals surface area contributed by atoms with Crippen LogP contribution in [-0.2, 0) is 10.8 Å². The van der Waals surface area contributed by atoms with Gasteiger partial charge in [-0.05, 0) is 19.4 Å². The first-order valence-electron chi connectivity index (χ1n) is 3.89. The van der Waals surface area contributed by atoms with E-state index in [9.17, 15) is 4.21 Å². The fourth-order valence-corrected chi connectivity index (χ4v) is 1.14. The van der Waals surface area contributed by atoms with E-state index < -0.39 is 10.8 Å². The zero-order chi connectivity index (χ0) is 8.53. The summed E-state index contributed by atoms with van der Waals surface area (Å²) in [4.78, 5) is 0. The summed E-state index contributed by atoms with van der Waals surface area (Å²) in [7, 11) is -0.655. The predicted octanol–water partition coefficient (Wildman–Crippen LogP) is 0.921. The van der Waals surface area contributed by atoms with Crippen molar-refractivity contribution in [1.29, 1.82) is 0 Å². The Labute approximate surface area is 71.5 Å². The van der Waals surface area contributed by atoms with E-state index in [1.54, 1.807) is 6.26 Å². The molecule has 0 bridgehead atoms. The van der Waals surface area contributed by atoms with Crippen molar-refractivity contribution in [3.05, 3.63) is 12.7 Å². The molecule has 0 aliphatic carbocycles. The van der Waals surface area contributed by atoms with E-state index >= 15 is 0 Å². The number of unbranched alkanes of at least 4 members (excludes halogenated alkanes) is 1. The maximum atomic E-state index is 10.6. The highest BCUT2D eigenvalue weighted by atomic mass is 32.2. The van der Waals surface area contributed by atoms with E-state index in [4.69, 9.17) is 0 Å². The molecule has 0 aromatic rings. The van der Waals surface area contributed by atoms with Crippen molar-refractivity contribution >= 4 is 10.8 Å². The summed E-state index contributed by atoms with van der Waals surface area (Å²) in [6.07, 6.45) is 5.83. The van der Waals surface area contributed by atoms with Gasteiger partial charge in [0.1, 0.15) is 0 Å². The molecule has 1 atom stereocenters. The van der Waals surface area contributed by atoms with E-state index in [1.807, 2.05) is 6.08 Å². The van der Waals surface area contributed by atoms with Gasteiger partial charge in [-0.2, -0.15) is 0 Å². The molecule has 0 aliphatic heterocycles. The minimum Gasteiger partial charge on any atom is -0.316 e. The number of nitrogens with one attached hydrogen (secondary N) is 1. The maximum Gasteiger partial charge on any atom is 0.0357 e. The Kier molecular flexibility index (Phi) is 7.84. The van der Waals surface area contributed by atoms with Crippen LogP contribution in [0.1, 0.15) is 12.8 Å². The minimum atomic E-state index is -0.655. The van der Waals surface area contributed by atoms with Gasteiger partial charge < -0.3 is 5.32 Å². The van der Waals surface area contributed by atoms with Gasteiger partial charge in [0.2, 0.25) is 0 Å². The maximum absolute atomic E-state index is 10.6. The second-order valence-electron chi connectivity index (χ2n) is 2.46. The van der Waals surface area contributed by atoms with E-state index in [0.717, 1.165) is 31.7 Å². The van der Waals surface area contributed by atoms with Gasteiger partial charge in [-0.25, -0.2) is 0 Å². The molecule has 0 aliphatic rings. The summed E-state index contributed by atoms with van der Waals surface area (Å²) in [6, 6.07) is 0. The Morgan fingerprint density at radius 1 is 1.55 bits per heavy atom. The van der Waals surface area contributed by atoms with Crippen molar-refractivity contribution in [1.82, 2.24) is 5.32 Å². The third-order valence-electron chi connectivity index (χ3n) is 1.33. The Morgan fingerprint density at radius 3 is 2.82 bits per heavy atom. The number of rotatable bonds is 7. The van der Waals surface area contributed by atoms with Crippen molar-refractivity contribution in [3.8, 4) is 0 Å². The minimum absolute atomic E-state index is 0.655. The van der Waals surface area contributed by atoms with E-state index in [1.165, 1.54) is 0 Å². The average Bonchev–Trinajstić information content (AvgIpc) is 1.96. The molecular weight excluding hydrogens is 158 g/mol. The van der Waals surface area contributed by atoms with Gasteiger partial charge in [-0.15, -0.1) is 6.58 Å². The predicted molar refractivity (Wildman–Crippen MR) is 51.2 cm³/mol. The second kappa shape index (κ2) is 7.95. The van der Waals surface area contributed by atoms with Crippen LogP contribution in [0.4, 0.5) is 0 Å². The highest BCUT2D eigenvalue weighted by Gasteiger charge is 1.89. The first-order chi connectivity index (χ1) is 5.27. The lowest BCUT2D eigenvalue weighted by atomic mass is 10.3. The smallest absolute Gasteiger partial charge is 0.0357 e. The summed E-state index contributed by atoms with van der Waals surface area (Å²) < 4.78 is 10.6. The molecule has 0 aromatic heterocycles. The molecule has 0 saturated carbocycles. The molecule has 0 aromatic carbocycles. The van der Waals surface area contributed by atoms with E-state index in [-0.39, 0.29) is 0 Å². The summed E-state index contributed by atoms with van der Waals surface area (Å²) in [5.74, 6) is 0.758. The standard InChI is InChI=1S/C8H17NOS/c1-3-4-5-6-9-7-8-11(2)10/h3,9H,1,4-8H2,2H3. The van der Waals surface area contributed by atoms with Crippen LogP contribution in [0.2, 0.25) is 0 Å². The molecule has 0 saturated heterocycles. The van der Waals surface area contributed by atoms with Crippen molar-refractivity contribution < 1.29 is 4.21 Å². The third kappa shape index (κ3) is 9.85. The van der Waals surface area contributed by atoms with Gasteiger partial charge in [-0.1, -0.05) is 6.08 Å². The number of allylic oxidation sites excluding steroid dienone is 1. The molecule has 0 rings (SSSR count). The molecule has 0 radical (unpaired) electrons. The van der Waals surface area contributed by atoms with E-state index in [0.29, 0.717) is 0 Å². The second-order valence-corrected chi connectivity index (χ2v) is 4.01. The van der Waals surface area contributed by atoms with Crippen molar-refractivity contribution in [2.24, 2.45) is 0 Å². The summed E-state index contributed by atoms with van der Waals surface area (Å²) in [6.45, 7) is 5.49. The van der Waals surface area contributed by atoms with Gasteiger partial charge in [0.05, 0.1) is 0 Å². The molecule has 3 heteroatoms. The van der Waals surface area contributed by atoms with E-state index in [2.05, 4.69) is 11.9 Å². The monoisotopic (exact) mass is 175 g/mol. The van der Waals surface area contributed by atoms with Crippen LogP contribution in [0.25, 0.3) is 0 Å². The average molecular weight is 175 g/mol. The summed E-state index contributed by atoms with van der Waals surface area (Å²) >= 11 is 0. The van der Waals surface area contributed by atoms with Gasteiger partial charge in [0.25, 0.3) is 0 Å². The van der Waals surface area contributed by atoms with Crippen LogP contribution in [0.3, 0.4) is 0 Å². The number of hydrogen-bond acceptors (Lipinski definition) is 2. The first kappa shape index (κ1) is 10.8. The van der Waals surface area contributed by atoms with Crippen LogP contribution in [0, 0.1) is 0 Å². The van der Waals surface area contributed by atoms with Crippen LogP contribution in [-0.4, -0.2) is 29.3 Å². The van der Waals surface area contributed by atoms with Gasteiger partial charge in [0.15, 0.2) is 0 Å². The Balaban J connectivity index is 2.90. The SMILES string of the molecule is C=CCCCNCCS(C)=O. The van der Waals surface area contributed by atoms with Gasteiger partial charge in [-0.3, -0.25) is 4.21 Å². The molecule has 2 nitrogen and oxygen atoms in total. The quantitative estimate of drug-likeness (QED) is 0.460. The molecule has 0 heterocycles. The molecule has 66 valence electrons. The fraction of sp³-hybridized carbons (Fsp3) is 0.750. The molecule has 1 N–H and O–H groups in total. The third-order valence-corrected chi connectivity index (χ3v) is 2.11. The molecule has 0 spiro atoms. The van der Waals surface area contributed by atoms with Crippen molar-refractivity contribution in [2.75, 3.05) is 25.1 Å². The molecule has 11 heavy (non-hydrogen) atoms. The topological polar surface area (TPSA) is 29.1 Å². The van der Waals surface area contributed by atoms with Gasteiger partial charge >= 0.3 is 0 Å². The lowest BCUT2D eigenvalue weighted by molar-refractivity contribution is 0.664. The zero-order valence-corrected chi connectivity index (χ0v) is 7.95. The summed E-state index contributed by atoms with van der Waals surface area (Å²) in [5.41, 5.74) is 0. The lowest BCUT2D eigenvalue weighted by Crippen LogP contribution is -2.21. The van der Waals surface area contributed by atoms with Crippen LogP contribution < -0.4 is 5.32 Å². The van der Waals surface area contributed by atoms with Crippen molar-refractivity contribution in [2.45, 2.75) is 12.8 Å². The highest BCUT2D eigenvalue weighted by Crippen LogP contribution is 1.85. The van der Waals surface area contributed by atoms with Gasteiger partial charge in [0, 0.05) is 29.4 Å². The van der Waals surface area contributed by atoms with Crippen LogP contribution in [0.15, 0.2) is 12.7 Å². The lowest BCUT2D eigenvalue weighted by Gasteiger charge is -2.00. The fourth-order valence-electron chi connectivity index (χ4n) is 0.712. The van der Waals surface area contributed by atoms with Crippen LogP contribution >= 0.6 is 0 Å². The largest absolute Gasteiger partial charge is 0.316 e. The Morgan fingerprint density at radius 2 is 2.27 bits per heavy atom. The molecule has 0 fully saturated rings. The Hall–Kier alpha value is -0.150. The normalized spacial score (nSPS) is 12.8.